The maximum absolute atomic E-state index is 12.9. The fourth-order valence-electron chi connectivity index (χ4n) is 2.92. The van der Waals surface area contributed by atoms with Gasteiger partial charge >= 0.3 is 0 Å². The molecular weight excluding hydrogens is 364 g/mol. The predicted molar refractivity (Wildman–Crippen MR) is 113 cm³/mol. The monoisotopic (exact) mass is 390 g/mol. The van der Waals surface area contributed by atoms with Gasteiger partial charge in [-0.25, -0.2) is 9.97 Å². The van der Waals surface area contributed by atoms with Crippen molar-refractivity contribution in [2.45, 2.75) is 19.8 Å². The summed E-state index contributed by atoms with van der Waals surface area (Å²) in [7, 11) is 3.74. The lowest BCUT2D eigenvalue weighted by Crippen LogP contribution is -2.31. The van der Waals surface area contributed by atoms with Crippen molar-refractivity contribution < 1.29 is 4.79 Å². The Morgan fingerprint density at radius 2 is 1.41 bits per heavy atom. The van der Waals surface area contributed by atoms with Crippen LogP contribution in [0.4, 0.5) is 5.95 Å². The standard InChI is InChI=1S/C22H26N6O/c1-17-16-20(21(29)27(2)14-8-18-4-10-23-11-5-18)26-22(25-17)28(3)15-9-19-6-12-24-13-7-19/h4-7,10-13,16H,8-9,14-15H2,1-3H3. The number of likely N-dealkylation sites (N-methyl/N-ethyl adjacent to an activating group) is 2. The topological polar surface area (TPSA) is 75.1 Å². The first kappa shape index (κ1) is 20.4. The number of anilines is 1. The zero-order valence-corrected chi connectivity index (χ0v) is 17.1. The second-order valence-corrected chi connectivity index (χ2v) is 7.05. The average Bonchev–Trinajstić information content (AvgIpc) is 2.76. The third kappa shape index (κ3) is 5.81. The van der Waals surface area contributed by atoms with Gasteiger partial charge in [0.15, 0.2) is 0 Å². The Labute approximate surface area is 171 Å². The van der Waals surface area contributed by atoms with E-state index in [2.05, 4.69) is 19.9 Å². The van der Waals surface area contributed by atoms with Gasteiger partial charge in [0.05, 0.1) is 0 Å². The Balaban J connectivity index is 1.64. The van der Waals surface area contributed by atoms with Gasteiger partial charge in [-0.3, -0.25) is 14.8 Å². The lowest BCUT2D eigenvalue weighted by molar-refractivity contribution is 0.0790. The van der Waals surface area contributed by atoms with Crippen LogP contribution in [-0.2, 0) is 12.8 Å². The molecule has 3 rings (SSSR count). The molecule has 0 aromatic carbocycles. The highest BCUT2D eigenvalue weighted by Gasteiger charge is 2.16. The molecule has 29 heavy (non-hydrogen) atoms. The molecule has 1 amide bonds. The summed E-state index contributed by atoms with van der Waals surface area (Å²) < 4.78 is 0. The third-order valence-electron chi connectivity index (χ3n) is 4.72. The van der Waals surface area contributed by atoms with E-state index in [4.69, 9.17) is 0 Å². The van der Waals surface area contributed by atoms with Crippen LogP contribution in [0.5, 0.6) is 0 Å². The molecule has 3 aromatic heterocycles. The zero-order valence-electron chi connectivity index (χ0n) is 17.1. The van der Waals surface area contributed by atoms with E-state index in [0.717, 1.165) is 30.6 Å². The summed E-state index contributed by atoms with van der Waals surface area (Å²) in [5.41, 5.74) is 3.54. The maximum atomic E-state index is 12.9. The van der Waals surface area contributed by atoms with Crippen LogP contribution in [0.25, 0.3) is 0 Å². The van der Waals surface area contributed by atoms with Crippen molar-refractivity contribution >= 4 is 11.9 Å². The number of hydrogen-bond acceptors (Lipinski definition) is 6. The molecule has 0 bridgehead atoms. The van der Waals surface area contributed by atoms with E-state index in [-0.39, 0.29) is 5.91 Å². The highest BCUT2D eigenvalue weighted by atomic mass is 16.2. The van der Waals surface area contributed by atoms with Crippen LogP contribution in [0.2, 0.25) is 0 Å². The number of carbonyl (C=O) groups is 1. The molecule has 0 N–H and O–H groups in total. The average molecular weight is 390 g/mol. The van der Waals surface area contributed by atoms with Gasteiger partial charge < -0.3 is 9.80 Å². The van der Waals surface area contributed by atoms with Gasteiger partial charge in [-0.15, -0.1) is 0 Å². The van der Waals surface area contributed by atoms with Crippen LogP contribution in [-0.4, -0.2) is 57.9 Å². The molecule has 0 aliphatic rings. The van der Waals surface area contributed by atoms with Gasteiger partial charge in [0.2, 0.25) is 5.95 Å². The fourth-order valence-corrected chi connectivity index (χ4v) is 2.92. The van der Waals surface area contributed by atoms with Gasteiger partial charge in [-0.2, -0.15) is 0 Å². The van der Waals surface area contributed by atoms with Crippen LogP contribution in [0.15, 0.2) is 55.1 Å². The summed E-state index contributed by atoms with van der Waals surface area (Å²) in [6, 6.07) is 9.66. The van der Waals surface area contributed by atoms with Crippen LogP contribution < -0.4 is 4.90 Å². The summed E-state index contributed by atoms with van der Waals surface area (Å²) in [4.78, 5) is 33.6. The number of aromatic nitrogens is 4. The number of aryl methyl sites for hydroxylation is 1. The molecule has 0 spiro atoms. The Morgan fingerprint density at radius 1 is 0.862 bits per heavy atom. The summed E-state index contributed by atoms with van der Waals surface area (Å²) in [5.74, 6) is 0.457. The van der Waals surface area contributed by atoms with E-state index in [0.29, 0.717) is 18.2 Å². The lowest BCUT2D eigenvalue weighted by Gasteiger charge is -2.20. The van der Waals surface area contributed by atoms with E-state index in [1.54, 1.807) is 42.8 Å². The summed E-state index contributed by atoms with van der Waals surface area (Å²) in [6.45, 7) is 3.24. The van der Waals surface area contributed by atoms with E-state index >= 15 is 0 Å². The third-order valence-corrected chi connectivity index (χ3v) is 4.72. The first-order chi connectivity index (χ1) is 14.0. The van der Waals surface area contributed by atoms with Crippen molar-refractivity contribution in [1.82, 2.24) is 24.8 Å². The quantitative estimate of drug-likeness (QED) is 0.588. The van der Waals surface area contributed by atoms with Gasteiger partial charge in [0, 0.05) is 57.7 Å². The Morgan fingerprint density at radius 3 is 2.00 bits per heavy atom. The van der Waals surface area contributed by atoms with Crippen molar-refractivity contribution in [1.29, 1.82) is 0 Å². The Bertz CT molecular complexity index is 933. The second kappa shape index (κ2) is 9.73. The zero-order chi connectivity index (χ0) is 20.6. The highest BCUT2D eigenvalue weighted by Crippen LogP contribution is 2.12. The molecule has 0 unspecified atom stereocenters. The van der Waals surface area contributed by atoms with Gasteiger partial charge in [-0.1, -0.05) is 0 Å². The minimum Gasteiger partial charge on any atom is -0.344 e. The summed E-state index contributed by atoms with van der Waals surface area (Å²) in [6.07, 6.45) is 8.73. The molecule has 150 valence electrons. The molecule has 7 nitrogen and oxygen atoms in total. The molecule has 3 heterocycles. The SMILES string of the molecule is Cc1cc(C(=O)N(C)CCc2ccncc2)nc(N(C)CCc2ccncc2)n1. The molecule has 7 heteroatoms. The molecule has 0 saturated heterocycles. The predicted octanol–water partition coefficient (Wildman–Crippen LogP) is 2.57. The lowest BCUT2D eigenvalue weighted by atomic mass is 10.2. The Kier molecular flexibility index (Phi) is 6.84. The number of carbonyl (C=O) groups excluding carboxylic acids is 1. The number of hydrogen-bond donors (Lipinski definition) is 0. The molecule has 0 atom stereocenters. The minimum absolute atomic E-state index is 0.103. The molecular formula is C22H26N6O. The van der Waals surface area contributed by atoms with E-state index in [1.165, 1.54) is 5.56 Å². The molecule has 0 saturated carbocycles. The van der Waals surface area contributed by atoms with Crippen LogP contribution in [0.1, 0.15) is 27.3 Å². The second-order valence-electron chi connectivity index (χ2n) is 7.05. The van der Waals surface area contributed by atoms with E-state index in [9.17, 15) is 4.79 Å². The van der Waals surface area contributed by atoms with Crippen molar-refractivity contribution in [3.05, 3.63) is 77.6 Å². The van der Waals surface area contributed by atoms with Crippen LogP contribution in [0.3, 0.4) is 0 Å². The Hall–Kier alpha value is -3.35. The smallest absolute Gasteiger partial charge is 0.272 e. The van der Waals surface area contributed by atoms with Gasteiger partial charge in [0.1, 0.15) is 5.69 Å². The highest BCUT2D eigenvalue weighted by molar-refractivity contribution is 5.92. The molecule has 0 aliphatic heterocycles. The van der Waals surface area contributed by atoms with Crippen LogP contribution in [0, 0.1) is 6.92 Å². The summed E-state index contributed by atoms with van der Waals surface area (Å²) >= 11 is 0. The number of rotatable bonds is 8. The minimum atomic E-state index is -0.103. The normalized spacial score (nSPS) is 10.6. The summed E-state index contributed by atoms with van der Waals surface area (Å²) in [5, 5.41) is 0. The first-order valence-corrected chi connectivity index (χ1v) is 9.63. The first-order valence-electron chi connectivity index (χ1n) is 9.63. The van der Waals surface area contributed by atoms with E-state index < -0.39 is 0 Å². The maximum Gasteiger partial charge on any atom is 0.272 e. The largest absolute Gasteiger partial charge is 0.344 e. The van der Waals surface area contributed by atoms with Crippen molar-refractivity contribution in [3.63, 3.8) is 0 Å². The van der Waals surface area contributed by atoms with Crippen LogP contribution >= 0.6 is 0 Å². The van der Waals surface area contributed by atoms with E-state index in [1.807, 2.05) is 43.1 Å². The molecule has 0 fully saturated rings. The molecule has 0 aliphatic carbocycles. The molecule has 0 radical (unpaired) electrons. The number of pyridine rings is 2. The van der Waals surface area contributed by atoms with Gasteiger partial charge in [0.25, 0.3) is 5.91 Å². The number of amides is 1. The number of nitrogens with zero attached hydrogens (tertiary/aromatic N) is 6. The van der Waals surface area contributed by atoms with Crippen molar-refractivity contribution in [2.75, 3.05) is 32.1 Å². The molecule has 3 aromatic rings. The van der Waals surface area contributed by atoms with Crippen molar-refractivity contribution in [2.24, 2.45) is 0 Å². The van der Waals surface area contributed by atoms with Crippen molar-refractivity contribution in [3.8, 4) is 0 Å². The van der Waals surface area contributed by atoms with Gasteiger partial charge in [-0.05, 0) is 61.2 Å². The fraction of sp³-hybridized carbons (Fsp3) is 0.318.